The number of hydrogen-bond donors (Lipinski definition) is 1. The fourth-order valence-electron chi connectivity index (χ4n) is 1.93. The molecule has 0 fully saturated rings. The Bertz CT molecular complexity index is 626. The monoisotopic (exact) mass is 306 g/mol. The number of carbonyl (C=O) groups is 1. The Morgan fingerprint density at radius 2 is 2.10 bits per heavy atom. The third kappa shape index (κ3) is 3.89. The van der Waals surface area contributed by atoms with Crippen LogP contribution < -0.4 is 5.32 Å². The van der Waals surface area contributed by atoms with Crippen molar-refractivity contribution in [2.75, 3.05) is 12.4 Å². The highest BCUT2D eigenvalue weighted by Crippen LogP contribution is 2.19. The van der Waals surface area contributed by atoms with E-state index in [-0.39, 0.29) is 17.6 Å². The summed E-state index contributed by atoms with van der Waals surface area (Å²) < 4.78 is 13.5. The molecule has 1 aromatic carbocycles. The second kappa shape index (κ2) is 6.83. The SMILES string of the molecule is Cc1ccsc1CN(C)C(C)C(=O)Nc1ccccc1F. The third-order valence-electron chi connectivity index (χ3n) is 3.53. The minimum absolute atomic E-state index is 0.211. The lowest BCUT2D eigenvalue weighted by Gasteiger charge is -2.23. The Labute approximate surface area is 128 Å². The maximum Gasteiger partial charge on any atom is 0.241 e. The number of benzene rings is 1. The van der Waals surface area contributed by atoms with Gasteiger partial charge in [0.25, 0.3) is 0 Å². The molecule has 1 N–H and O–H groups in total. The maximum atomic E-state index is 13.5. The molecule has 1 unspecified atom stereocenters. The first-order chi connectivity index (χ1) is 9.99. The fourth-order valence-corrected chi connectivity index (χ4v) is 2.90. The number of carbonyl (C=O) groups excluding carboxylic acids is 1. The van der Waals surface area contributed by atoms with E-state index < -0.39 is 5.82 Å². The molecule has 0 spiro atoms. The van der Waals surface area contributed by atoms with Crippen molar-refractivity contribution in [3.8, 4) is 0 Å². The number of anilines is 1. The van der Waals surface area contributed by atoms with Gasteiger partial charge >= 0.3 is 0 Å². The van der Waals surface area contributed by atoms with Gasteiger partial charge in [0.1, 0.15) is 5.82 Å². The highest BCUT2D eigenvalue weighted by Gasteiger charge is 2.20. The van der Waals surface area contributed by atoms with E-state index in [9.17, 15) is 9.18 Å². The van der Waals surface area contributed by atoms with Crippen molar-refractivity contribution >= 4 is 22.9 Å². The average molecular weight is 306 g/mol. The van der Waals surface area contributed by atoms with E-state index in [1.54, 1.807) is 29.5 Å². The topological polar surface area (TPSA) is 32.3 Å². The van der Waals surface area contributed by atoms with Crippen LogP contribution in [0.1, 0.15) is 17.4 Å². The van der Waals surface area contributed by atoms with Gasteiger partial charge in [-0.3, -0.25) is 9.69 Å². The fraction of sp³-hybridized carbons (Fsp3) is 0.312. The second-order valence-corrected chi connectivity index (χ2v) is 6.09. The van der Waals surface area contributed by atoms with Crippen molar-refractivity contribution < 1.29 is 9.18 Å². The molecule has 1 aromatic heterocycles. The first-order valence-corrected chi connectivity index (χ1v) is 7.65. The maximum absolute atomic E-state index is 13.5. The Morgan fingerprint density at radius 1 is 1.38 bits per heavy atom. The van der Waals surface area contributed by atoms with Crippen LogP contribution in [-0.2, 0) is 11.3 Å². The van der Waals surface area contributed by atoms with Gasteiger partial charge in [-0.2, -0.15) is 0 Å². The van der Waals surface area contributed by atoms with Crippen LogP contribution in [0.3, 0.4) is 0 Å². The number of nitrogens with zero attached hydrogens (tertiary/aromatic N) is 1. The molecule has 21 heavy (non-hydrogen) atoms. The molecule has 1 heterocycles. The number of rotatable bonds is 5. The molecule has 0 aliphatic heterocycles. The lowest BCUT2D eigenvalue weighted by atomic mass is 10.2. The summed E-state index contributed by atoms with van der Waals surface area (Å²) in [6, 6.07) is 7.91. The molecule has 0 bridgehead atoms. The number of aryl methyl sites for hydroxylation is 1. The summed E-state index contributed by atoms with van der Waals surface area (Å²) >= 11 is 1.68. The number of nitrogens with one attached hydrogen (secondary N) is 1. The highest BCUT2D eigenvalue weighted by atomic mass is 32.1. The highest BCUT2D eigenvalue weighted by molar-refractivity contribution is 7.10. The van der Waals surface area contributed by atoms with Crippen LogP contribution in [0.2, 0.25) is 0 Å². The molecule has 2 rings (SSSR count). The van der Waals surface area contributed by atoms with Crippen molar-refractivity contribution in [1.29, 1.82) is 0 Å². The van der Waals surface area contributed by atoms with Gasteiger partial charge in [0, 0.05) is 11.4 Å². The number of thiophene rings is 1. The predicted octanol–water partition coefficient (Wildman–Crippen LogP) is 3.65. The van der Waals surface area contributed by atoms with Crippen molar-refractivity contribution in [2.24, 2.45) is 0 Å². The molecule has 0 aliphatic rings. The molecule has 2 aromatic rings. The Hall–Kier alpha value is -1.72. The molecule has 3 nitrogen and oxygen atoms in total. The Balaban J connectivity index is 1.99. The molecule has 0 saturated heterocycles. The predicted molar refractivity (Wildman–Crippen MR) is 85.0 cm³/mol. The molecular weight excluding hydrogens is 287 g/mol. The van der Waals surface area contributed by atoms with Crippen LogP contribution >= 0.6 is 11.3 Å². The van der Waals surface area contributed by atoms with Crippen molar-refractivity contribution in [1.82, 2.24) is 4.90 Å². The van der Waals surface area contributed by atoms with Gasteiger partial charge in [-0.25, -0.2) is 4.39 Å². The lowest BCUT2D eigenvalue weighted by molar-refractivity contribution is -0.120. The first kappa shape index (κ1) is 15.7. The molecule has 112 valence electrons. The molecule has 1 atom stereocenters. The number of hydrogen-bond acceptors (Lipinski definition) is 3. The van der Waals surface area contributed by atoms with Crippen LogP contribution in [0, 0.1) is 12.7 Å². The van der Waals surface area contributed by atoms with Crippen LogP contribution in [0.15, 0.2) is 35.7 Å². The van der Waals surface area contributed by atoms with Crippen LogP contribution in [0.25, 0.3) is 0 Å². The number of halogens is 1. The van der Waals surface area contributed by atoms with E-state index in [1.165, 1.54) is 16.5 Å². The third-order valence-corrected chi connectivity index (χ3v) is 4.54. The first-order valence-electron chi connectivity index (χ1n) is 6.77. The van der Waals surface area contributed by atoms with Crippen molar-refractivity contribution in [3.63, 3.8) is 0 Å². The van der Waals surface area contributed by atoms with Gasteiger partial charge in [-0.15, -0.1) is 11.3 Å². The average Bonchev–Trinajstić information content (AvgIpc) is 2.86. The minimum atomic E-state index is -0.421. The van der Waals surface area contributed by atoms with Gasteiger partial charge in [0.2, 0.25) is 5.91 Å². The lowest BCUT2D eigenvalue weighted by Crippen LogP contribution is -2.39. The zero-order valence-corrected chi connectivity index (χ0v) is 13.2. The summed E-state index contributed by atoms with van der Waals surface area (Å²) in [5, 5.41) is 4.68. The normalized spacial score (nSPS) is 12.4. The van der Waals surface area contributed by atoms with Gasteiger partial charge in [0.15, 0.2) is 0 Å². The van der Waals surface area contributed by atoms with E-state index in [0.717, 1.165) is 0 Å². The molecule has 0 saturated carbocycles. The number of amides is 1. The Morgan fingerprint density at radius 3 is 2.71 bits per heavy atom. The summed E-state index contributed by atoms with van der Waals surface area (Å²) in [4.78, 5) is 15.4. The smallest absolute Gasteiger partial charge is 0.241 e. The van der Waals surface area contributed by atoms with Crippen LogP contribution in [0.5, 0.6) is 0 Å². The van der Waals surface area contributed by atoms with E-state index in [1.807, 2.05) is 24.3 Å². The minimum Gasteiger partial charge on any atom is -0.322 e. The quantitative estimate of drug-likeness (QED) is 0.914. The zero-order chi connectivity index (χ0) is 15.4. The van der Waals surface area contributed by atoms with Crippen LogP contribution in [-0.4, -0.2) is 23.9 Å². The molecule has 5 heteroatoms. The van der Waals surface area contributed by atoms with Crippen LogP contribution in [0.4, 0.5) is 10.1 Å². The van der Waals surface area contributed by atoms with E-state index >= 15 is 0 Å². The molecule has 0 radical (unpaired) electrons. The van der Waals surface area contributed by atoms with Gasteiger partial charge in [-0.1, -0.05) is 12.1 Å². The summed E-state index contributed by atoms with van der Waals surface area (Å²) in [7, 11) is 1.89. The summed E-state index contributed by atoms with van der Waals surface area (Å²) in [5.41, 5.74) is 1.45. The van der Waals surface area contributed by atoms with Crippen molar-refractivity contribution in [2.45, 2.75) is 26.4 Å². The summed E-state index contributed by atoms with van der Waals surface area (Å²) in [6.45, 7) is 4.58. The van der Waals surface area contributed by atoms with E-state index in [2.05, 4.69) is 18.3 Å². The van der Waals surface area contributed by atoms with Gasteiger partial charge in [0.05, 0.1) is 11.7 Å². The van der Waals surface area contributed by atoms with Gasteiger partial charge < -0.3 is 5.32 Å². The Kier molecular flexibility index (Phi) is 5.09. The molecule has 1 amide bonds. The second-order valence-electron chi connectivity index (χ2n) is 5.09. The zero-order valence-electron chi connectivity index (χ0n) is 12.4. The van der Waals surface area contributed by atoms with E-state index in [4.69, 9.17) is 0 Å². The largest absolute Gasteiger partial charge is 0.322 e. The van der Waals surface area contributed by atoms with Crippen molar-refractivity contribution in [3.05, 3.63) is 52.0 Å². The number of para-hydroxylation sites is 1. The summed E-state index contributed by atoms with van der Waals surface area (Å²) in [6.07, 6.45) is 0. The summed E-state index contributed by atoms with van der Waals surface area (Å²) in [5.74, 6) is -0.633. The molecule has 0 aliphatic carbocycles. The van der Waals surface area contributed by atoms with Gasteiger partial charge in [-0.05, 0) is 50.0 Å². The molecular formula is C16H19FN2OS. The van der Waals surface area contributed by atoms with E-state index in [0.29, 0.717) is 6.54 Å². The number of likely N-dealkylation sites (N-methyl/N-ethyl adjacent to an activating group) is 1. The standard InChI is InChI=1S/C16H19FN2OS/c1-11-8-9-21-15(11)10-19(3)12(2)16(20)18-14-7-5-4-6-13(14)17/h4-9,12H,10H2,1-3H3,(H,18,20).